The second-order valence-electron chi connectivity index (χ2n) is 2.86. The molecule has 0 saturated carbocycles. The van der Waals surface area contributed by atoms with Crippen molar-refractivity contribution in [3.8, 4) is 0 Å². The third-order valence-electron chi connectivity index (χ3n) is 2.00. The Labute approximate surface area is 60.4 Å². The highest BCUT2D eigenvalue weighted by molar-refractivity contribution is 5.19. The van der Waals surface area contributed by atoms with Crippen LogP contribution in [0.5, 0.6) is 0 Å². The van der Waals surface area contributed by atoms with Gasteiger partial charge in [-0.2, -0.15) is 0 Å². The third-order valence-corrected chi connectivity index (χ3v) is 2.00. The third kappa shape index (κ3) is 0.847. The summed E-state index contributed by atoms with van der Waals surface area (Å²) in [4.78, 5) is 2.30. The van der Waals surface area contributed by atoms with E-state index < -0.39 is 0 Å². The lowest BCUT2D eigenvalue weighted by Crippen LogP contribution is -2.25. The largest absolute Gasteiger partial charge is 0.469 e. The van der Waals surface area contributed by atoms with E-state index in [1.165, 1.54) is 11.3 Å². The molecule has 0 aromatic carbocycles. The van der Waals surface area contributed by atoms with Crippen LogP contribution in [0, 0.1) is 0 Å². The van der Waals surface area contributed by atoms with E-state index in [9.17, 15) is 0 Å². The lowest BCUT2D eigenvalue weighted by molar-refractivity contribution is 0.294. The van der Waals surface area contributed by atoms with Crippen molar-refractivity contribution >= 4 is 0 Å². The molecule has 54 valence electrons. The first-order valence-corrected chi connectivity index (χ1v) is 3.60. The predicted molar refractivity (Wildman–Crippen MR) is 38.7 cm³/mol. The number of hydrogen-bond donors (Lipinski definition) is 0. The molecule has 1 aromatic heterocycles. The molecule has 2 heterocycles. The molecule has 0 fully saturated rings. The van der Waals surface area contributed by atoms with Crippen molar-refractivity contribution in [2.75, 3.05) is 13.6 Å². The van der Waals surface area contributed by atoms with E-state index in [0.29, 0.717) is 0 Å². The molecule has 10 heavy (non-hydrogen) atoms. The highest BCUT2D eigenvalue weighted by Crippen LogP contribution is 2.17. The molecule has 0 unspecified atom stereocenters. The molecule has 2 heteroatoms. The van der Waals surface area contributed by atoms with Crippen LogP contribution in [-0.4, -0.2) is 18.5 Å². The van der Waals surface area contributed by atoms with Gasteiger partial charge in [-0.3, -0.25) is 0 Å². The molecular formula is C8H11NO. The lowest BCUT2D eigenvalue weighted by Gasteiger charge is -2.20. The Kier molecular flexibility index (Phi) is 1.27. The first-order valence-electron chi connectivity index (χ1n) is 3.60. The van der Waals surface area contributed by atoms with E-state index in [-0.39, 0.29) is 0 Å². The molecule has 0 saturated heterocycles. The van der Waals surface area contributed by atoms with Crippen LogP contribution in [0.15, 0.2) is 16.7 Å². The average Bonchev–Trinajstić information content (AvgIpc) is 2.33. The van der Waals surface area contributed by atoms with E-state index in [0.717, 1.165) is 19.5 Å². The minimum Gasteiger partial charge on any atom is -0.469 e. The zero-order valence-electron chi connectivity index (χ0n) is 6.13. The zero-order valence-corrected chi connectivity index (χ0v) is 6.13. The molecule has 0 radical (unpaired) electrons. The fraction of sp³-hybridized carbons (Fsp3) is 0.500. The van der Waals surface area contributed by atoms with Gasteiger partial charge in [0.15, 0.2) is 0 Å². The van der Waals surface area contributed by atoms with Gasteiger partial charge < -0.3 is 9.32 Å². The molecule has 1 aliphatic rings. The molecular weight excluding hydrogens is 126 g/mol. The molecule has 1 aromatic rings. The molecule has 1 aliphatic heterocycles. The van der Waals surface area contributed by atoms with Gasteiger partial charge in [0.05, 0.1) is 6.26 Å². The molecule has 2 nitrogen and oxygen atoms in total. The Morgan fingerprint density at radius 3 is 3.40 bits per heavy atom. The fourth-order valence-corrected chi connectivity index (χ4v) is 1.39. The molecule has 0 spiro atoms. The van der Waals surface area contributed by atoms with Crippen LogP contribution in [-0.2, 0) is 13.0 Å². The van der Waals surface area contributed by atoms with E-state index in [1.807, 2.05) is 0 Å². The van der Waals surface area contributed by atoms with Gasteiger partial charge in [0.2, 0.25) is 0 Å². The van der Waals surface area contributed by atoms with Gasteiger partial charge in [0.25, 0.3) is 0 Å². The van der Waals surface area contributed by atoms with E-state index in [4.69, 9.17) is 4.42 Å². The van der Waals surface area contributed by atoms with Gasteiger partial charge in [-0.1, -0.05) is 0 Å². The van der Waals surface area contributed by atoms with E-state index in [1.54, 1.807) is 6.26 Å². The summed E-state index contributed by atoms with van der Waals surface area (Å²) in [7, 11) is 2.13. The Bertz CT molecular complexity index is 229. The van der Waals surface area contributed by atoms with E-state index >= 15 is 0 Å². The average molecular weight is 137 g/mol. The lowest BCUT2D eigenvalue weighted by atomic mass is 10.1. The van der Waals surface area contributed by atoms with Gasteiger partial charge in [0, 0.05) is 25.1 Å². The molecule has 0 N–H and O–H groups in total. The first-order chi connectivity index (χ1) is 4.86. The minimum atomic E-state index is 1.05. The molecule has 0 aliphatic carbocycles. The normalized spacial score (nSPS) is 18.9. The molecule has 0 atom stereocenters. The minimum absolute atomic E-state index is 1.05. The van der Waals surface area contributed by atoms with Gasteiger partial charge in [0.1, 0.15) is 5.76 Å². The van der Waals surface area contributed by atoms with Crippen LogP contribution in [0.25, 0.3) is 0 Å². The first kappa shape index (κ1) is 5.98. The summed E-state index contributed by atoms with van der Waals surface area (Å²) < 4.78 is 5.28. The Hall–Kier alpha value is -0.760. The van der Waals surface area contributed by atoms with Gasteiger partial charge in [-0.15, -0.1) is 0 Å². The van der Waals surface area contributed by atoms with Crippen LogP contribution in [0.4, 0.5) is 0 Å². The molecule has 2 rings (SSSR count). The molecule has 0 bridgehead atoms. The second-order valence-corrected chi connectivity index (χ2v) is 2.86. The van der Waals surface area contributed by atoms with Crippen molar-refractivity contribution in [3.63, 3.8) is 0 Å². The highest BCUT2D eigenvalue weighted by atomic mass is 16.3. The number of nitrogens with zero attached hydrogens (tertiary/aromatic N) is 1. The standard InChI is InChI=1S/C8H11NO/c1-9-4-2-8-7(6-9)3-5-10-8/h3,5H,2,4,6H2,1H3. The van der Waals surface area contributed by atoms with Crippen molar-refractivity contribution < 1.29 is 4.42 Å². The maximum absolute atomic E-state index is 5.28. The van der Waals surface area contributed by atoms with Crippen molar-refractivity contribution in [1.29, 1.82) is 0 Å². The van der Waals surface area contributed by atoms with Gasteiger partial charge >= 0.3 is 0 Å². The Morgan fingerprint density at radius 1 is 1.60 bits per heavy atom. The smallest absolute Gasteiger partial charge is 0.109 e. The maximum atomic E-state index is 5.28. The second kappa shape index (κ2) is 2.13. The summed E-state index contributed by atoms with van der Waals surface area (Å²) in [6.07, 6.45) is 2.85. The number of hydrogen-bond acceptors (Lipinski definition) is 2. The van der Waals surface area contributed by atoms with Crippen LogP contribution in [0.1, 0.15) is 11.3 Å². The SMILES string of the molecule is CN1CCc2occc2C1. The molecule has 0 amide bonds. The van der Waals surface area contributed by atoms with E-state index in [2.05, 4.69) is 18.0 Å². The summed E-state index contributed by atoms with van der Waals surface area (Å²) in [5.74, 6) is 1.18. The summed E-state index contributed by atoms with van der Waals surface area (Å²) in [6.45, 7) is 2.17. The van der Waals surface area contributed by atoms with Crippen molar-refractivity contribution in [3.05, 3.63) is 23.7 Å². The van der Waals surface area contributed by atoms with Gasteiger partial charge in [-0.05, 0) is 13.1 Å². The Balaban J connectivity index is 2.30. The summed E-state index contributed by atoms with van der Waals surface area (Å²) >= 11 is 0. The van der Waals surface area contributed by atoms with Crippen LogP contribution in [0.3, 0.4) is 0 Å². The van der Waals surface area contributed by atoms with Crippen LogP contribution < -0.4 is 0 Å². The van der Waals surface area contributed by atoms with Crippen molar-refractivity contribution in [2.24, 2.45) is 0 Å². The fourth-order valence-electron chi connectivity index (χ4n) is 1.39. The van der Waals surface area contributed by atoms with Crippen LogP contribution in [0.2, 0.25) is 0 Å². The van der Waals surface area contributed by atoms with Crippen molar-refractivity contribution in [1.82, 2.24) is 4.90 Å². The zero-order chi connectivity index (χ0) is 6.97. The van der Waals surface area contributed by atoms with Crippen LogP contribution >= 0.6 is 0 Å². The number of rotatable bonds is 0. The van der Waals surface area contributed by atoms with Gasteiger partial charge in [-0.25, -0.2) is 0 Å². The summed E-state index contributed by atoms with van der Waals surface area (Å²) in [5.41, 5.74) is 1.36. The quantitative estimate of drug-likeness (QED) is 0.535. The topological polar surface area (TPSA) is 16.4 Å². The maximum Gasteiger partial charge on any atom is 0.109 e. The number of fused-ring (bicyclic) bond motifs is 1. The Morgan fingerprint density at radius 2 is 2.50 bits per heavy atom. The monoisotopic (exact) mass is 137 g/mol. The summed E-state index contributed by atoms with van der Waals surface area (Å²) in [5, 5.41) is 0. The summed E-state index contributed by atoms with van der Waals surface area (Å²) in [6, 6.07) is 2.06. The number of furan rings is 1. The predicted octanol–water partition coefficient (Wildman–Crippen LogP) is 1.27. The highest BCUT2D eigenvalue weighted by Gasteiger charge is 2.14. The number of likely N-dealkylation sites (N-methyl/N-ethyl adjacent to an activating group) is 1. The van der Waals surface area contributed by atoms with Crippen molar-refractivity contribution in [2.45, 2.75) is 13.0 Å².